The third kappa shape index (κ3) is 38.7. The fourth-order valence-electron chi connectivity index (χ4n) is 14.9. The molecule has 3 aliphatic rings. The quantitative estimate of drug-likeness (QED) is 0.0129. The number of hydrogen-bond donors (Lipinski definition) is 30. The molecule has 0 unspecified atom stereocenters. The molecule has 16 atom stereocenters. The Kier molecular flexibility index (Phi) is 47.2. The smallest absolute Gasteiger partial charge is 0.305 e. The predicted molar refractivity (Wildman–Crippen MR) is 498 cm³/mol. The number of carbonyl (C=O) groups excluding carboxylic acids is 16. The number of phenolic OH excluding ortho intramolecular Hbond substituents is 2. The molecule has 3 saturated heterocycles. The zero-order valence-electron chi connectivity index (χ0n) is 76.7. The number of phenols is 2. The number of carbonyl (C=O) groups is 17. The van der Waals surface area contributed by atoms with Crippen molar-refractivity contribution in [2.45, 2.75) is 248 Å². The summed E-state index contributed by atoms with van der Waals surface area (Å²) in [6.07, 6.45) is -2.23. The molecule has 51 heteroatoms. The van der Waals surface area contributed by atoms with Crippen LogP contribution in [0.25, 0.3) is 0 Å². The van der Waals surface area contributed by atoms with E-state index < -0.39 is 258 Å². The van der Waals surface area contributed by atoms with Crippen LogP contribution in [0.2, 0.25) is 0 Å². The van der Waals surface area contributed by atoms with E-state index in [1.807, 2.05) is 0 Å². The number of rotatable bonds is 38. The number of amides is 16. The fourth-order valence-corrected chi connectivity index (χ4v) is 17.2. The van der Waals surface area contributed by atoms with Crippen molar-refractivity contribution in [2.24, 2.45) is 46.4 Å². The van der Waals surface area contributed by atoms with Crippen LogP contribution in [-0.4, -0.2) is 303 Å². The SMILES string of the molecule is CC[C@H](C)[C@@H]1NC(=O)[C@H](Cc2ccc(O)cc2)NC(=O)[C@H](CC(C)C)NC(=O)[C@@H]2CCCN2C(=O)[C@@H](NC(=O)[C@H](CCCNC(=N)N)NC(=O)[C@H](CCCNC(=N)N)NC(C)=O)CSSC[C@@H](C(=O)N[C@@H](CCCNC(=N)N)C(=O)N[C@@H](CCCNC(=N)N)C(N)=O)NC(=O)[C@H](C(C)C)NC(=O)[C@@H]2CCCN2C(=O)[C@H](CC(=O)O)NC(=O)[C@H](Cc2ccc(O)cc2)NC(=O)[C@H](CO)NC1=O. The van der Waals surface area contributed by atoms with Gasteiger partial charge in [0.25, 0.3) is 0 Å². The van der Waals surface area contributed by atoms with Crippen LogP contribution in [-0.2, 0) is 94.3 Å². The van der Waals surface area contributed by atoms with E-state index in [4.69, 9.17) is 50.3 Å². The van der Waals surface area contributed by atoms with Crippen molar-refractivity contribution in [1.82, 2.24) is 100 Å². The van der Waals surface area contributed by atoms with Gasteiger partial charge in [0, 0.05) is 70.5 Å². The van der Waals surface area contributed by atoms with Gasteiger partial charge in [0.05, 0.1) is 13.0 Å². The fraction of sp³-hybridized carbons (Fsp3) is 0.607. The van der Waals surface area contributed by atoms with E-state index >= 15 is 38.4 Å². The van der Waals surface area contributed by atoms with Gasteiger partial charge in [-0.25, -0.2) is 0 Å². The normalized spacial score (nSPS) is 22.3. The lowest BCUT2D eigenvalue weighted by Gasteiger charge is -2.31. The number of aliphatic hydroxyl groups excluding tert-OH is 1. The summed E-state index contributed by atoms with van der Waals surface area (Å²) < 4.78 is 0. The van der Waals surface area contributed by atoms with Gasteiger partial charge in [-0.3, -0.25) is 103 Å². The van der Waals surface area contributed by atoms with Crippen molar-refractivity contribution < 1.29 is 102 Å². The first-order valence-electron chi connectivity index (χ1n) is 44.6. The number of aliphatic hydroxyl groups is 1. The number of carboxylic acid groups (broad SMARTS) is 1. The van der Waals surface area contributed by atoms with Gasteiger partial charge in [0.15, 0.2) is 23.8 Å². The van der Waals surface area contributed by atoms with Crippen molar-refractivity contribution in [3.8, 4) is 11.5 Å². The Morgan fingerprint density at radius 1 is 0.474 bits per heavy atom. The Bertz CT molecular complexity index is 4480. The number of guanidine groups is 4. The summed E-state index contributed by atoms with van der Waals surface area (Å²) in [6, 6.07) is -13.8. The molecule has 0 saturated carbocycles. The van der Waals surface area contributed by atoms with Crippen molar-refractivity contribution in [3.63, 3.8) is 0 Å². The van der Waals surface area contributed by atoms with Crippen LogP contribution in [0.3, 0.4) is 0 Å². The Balaban J connectivity index is 1.76. The maximum Gasteiger partial charge on any atom is 0.305 e. The van der Waals surface area contributed by atoms with Crippen LogP contribution in [0.1, 0.15) is 156 Å². The third-order valence-corrected chi connectivity index (χ3v) is 24.7. The van der Waals surface area contributed by atoms with Crippen molar-refractivity contribution in [3.05, 3.63) is 59.7 Å². The molecule has 2 aromatic carbocycles. The summed E-state index contributed by atoms with van der Waals surface area (Å²) in [6.45, 7) is 9.30. The second-order valence-electron chi connectivity index (χ2n) is 33.9. The van der Waals surface area contributed by atoms with Gasteiger partial charge in [0.1, 0.15) is 102 Å². The molecule has 5 rings (SSSR count). The minimum Gasteiger partial charge on any atom is -0.508 e. The van der Waals surface area contributed by atoms with Crippen LogP contribution >= 0.6 is 21.6 Å². The lowest BCUT2D eigenvalue weighted by atomic mass is 9.96. The van der Waals surface area contributed by atoms with Gasteiger partial charge in [-0.1, -0.05) is 93.8 Å². The van der Waals surface area contributed by atoms with Gasteiger partial charge in [-0.05, 0) is 137 Å². The van der Waals surface area contributed by atoms with E-state index in [-0.39, 0.29) is 159 Å². The third-order valence-electron chi connectivity index (χ3n) is 22.2. The predicted octanol–water partition coefficient (Wildman–Crippen LogP) is -6.66. The molecule has 0 radical (unpaired) electrons. The molecule has 0 bridgehead atoms. The molecular weight excluding hydrogens is 1800 g/mol. The number of aromatic hydroxyl groups is 2. The molecular formula is C84H134N28O21S2. The summed E-state index contributed by atoms with van der Waals surface area (Å²) in [5.74, 6) is -23.0. The van der Waals surface area contributed by atoms with Crippen LogP contribution < -0.4 is 119 Å². The maximum absolute atomic E-state index is 15.8. The minimum atomic E-state index is -2.02. The highest BCUT2D eigenvalue weighted by Crippen LogP contribution is 2.28. The molecule has 0 aromatic heterocycles. The van der Waals surface area contributed by atoms with Crippen molar-refractivity contribution in [1.29, 1.82) is 21.6 Å². The Labute approximate surface area is 789 Å². The summed E-state index contributed by atoms with van der Waals surface area (Å²) >= 11 is 0. The first-order chi connectivity index (χ1) is 63.8. The number of hydrogen-bond acceptors (Lipinski definition) is 26. The number of aliphatic carboxylic acids is 1. The van der Waals surface area contributed by atoms with E-state index in [2.05, 4.69) is 90.4 Å². The largest absolute Gasteiger partial charge is 0.508 e. The number of nitrogens with two attached hydrogens (primary N) is 5. The van der Waals surface area contributed by atoms with Gasteiger partial charge < -0.3 is 149 Å². The molecule has 35 N–H and O–H groups in total. The molecule has 3 aliphatic heterocycles. The first-order valence-corrected chi connectivity index (χ1v) is 47.1. The molecule has 2 aromatic rings. The average Bonchev–Trinajstić information content (AvgIpc) is 1.72. The van der Waals surface area contributed by atoms with E-state index in [1.165, 1.54) is 62.4 Å². The molecule has 0 aliphatic carbocycles. The second kappa shape index (κ2) is 56.7. The molecule has 748 valence electrons. The number of nitrogens with zero attached hydrogens (tertiary/aromatic N) is 2. The number of benzene rings is 2. The summed E-state index contributed by atoms with van der Waals surface area (Å²) in [4.78, 5) is 251. The van der Waals surface area contributed by atoms with E-state index in [1.54, 1.807) is 27.7 Å². The van der Waals surface area contributed by atoms with Gasteiger partial charge in [-0.15, -0.1) is 0 Å². The molecule has 16 amide bonds. The highest BCUT2D eigenvalue weighted by Gasteiger charge is 2.45. The lowest BCUT2D eigenvalue weighted by Crippen LogP contribution is -2.62. The Morgan fingerprint density at radius 2 is 0.867 bits per heavy atom. The Hall–Kier alpha value is -13.2. The van der Waals surface area contributed by atoms with E-state index in [0.29, 0.717) is 5.56 Å². The summed E-state index contributed by atoms with van der Waals surface area (Å²) in [7, 11) is 1.59. The number of primary amides is 1. The minimum absolute atomic E-state index is 0.00475. The topological polar surface area (TPSA) is 808 Å². The maximum atomic E-state index is 15.8. The van der Waals surface area contributed by atoms with Crippen molar-refractivity contribution in [2.75, 3.05) is 57.4 Å². The van der Waals surface area contributed by atoms with Crippen LogP contribution in [0.5, 0.6) is 11.5 Å². The number of fused-ring (bicyclic) bond motifs is 2. The van der Waals surface area contributed by atoms with Gasteiger partial charge in [-0.2, -0.15) is 0 Å². The van der Waals surface area contributed by atoms with Crippen LogP contribution in [0, 0.1) is 39.4 Å². The van der Waals surface area contributed by atoms with Crippen molar-refractivity contribution >= 4 is 146 Å². The highest BCUT2D eigenvalue weighted by molar-refractivity contribution is 8.76. The summed E-state index contributed by atoms with van der Waals surface area (Å²) in [5, 5.41) is 117. The first kappa shape index (κ1) is 112. The second-order valence-corrected chi connectivity index (χ2v) is 36.5. The molecule has 3 heterocycles. The zero-order valence-corrected chi connectivity index (χ0v) is 78.4. The van der Waals surface area contributed by atoms with Crippen LogP contribution in [0.4, 0.5) is 0 Å². The zero-order chi connectivity index (χ0) is 100. The molecule has 0 spiro atoms. The van der Waals surface area contributed by atoms with E-state index in [9.17, 15) is 63.6 Å². The lowest BCUT2D eigenvalue weighted by molar-refractivity contribution is -0.146. The molecule has 135 heavy (non-hydrogen) atoms. The summed E-state index contributed by atoms with van der Waals surface area (Å²) in [5.41, 5.74) is 28.5. The van der Waals surface area contributed by atoms with E-state index in [0.717, 1.165) is 38.3 Å². The van der Waals surface area contributed by atoms with Crippen LogP contribution in [0.15, 0.2) is 48.5 Å². The Morgan fingerprint density at radius 3 is 1.31 bits per heavy atom. The number of carboxylic acids is 1. The monoisotopic (exact) mass is 1930 g/mol. The molecule has 49 nitrogen and oxygen atoms in total. The standard InChI is InChI=1S/C84H134N28O21S2/c1-8-44(6)65-78(131)106-58(39-113)73(126)103-55(36-46-21-25-48(115)26-22-46)71(124)105-57(38-63(117)118)79(132)111-33-14-20-62(111)76(129)109-64(43(4)5)77(130)107-59(74(127)101-52(17-11-31-96-83(90)91)68(121)99-50(66(85)119)15-9-29-94-81(86)87)40-134-135-41-60(108-69(122)53(18-12-32-97-84(92)93)100-67(120)51(98-45(7)114)16-10-30-95-82(88)89)80(133)112-34-13-19-61(112)75(128)104-54(35-42(2)3)70(123)102-56(72(125)110-65)37-47-23-27-49(116)28-24-47/h21-28,42-44,50-62,64-65,113,115-116H,8-20,29-41H2,1-7H3,(H2,85,119)(H,98,114)(H,99,121)(H,100,120)(H,101,127)(H,102,123)(H,103,126)(H,104,128)(H,105,124)(H,106,131)(H,107,130)(H,108,122)(H,109,129)(H,110,125)(H,117,118)(H4,86,87,94)(H4,88,89,95)(H4,90,91,96)(H4,92,93,97)/t44-,50-,51-,52-,53-,54-,55-,56-,57-,58-,59-,60-,61-,62-,64-,65-/m0/s1. The van der Waals surface area contributed by atoms with Gasteiger partial charge >= 0.3 is 5.97 Å². The number of nitrogens with one attached hydrogen (secondary N) is 21. The van der Waals surface area contributed by atoms with Gasteiger partial charge in [0.2, 0.25) is 94.5 Å². The highest BCUT2D eigenvalue weighted by atomic mass is 33.1. The molecule has 3 fully saturated rings. The average molecular weight is 1940 g/mol.